The fourth-order valence-electron chi connectivity index (χ4n) is 1.72. The van der Waals surface area contributed by atoms with E-state index in [-0.39, 0.29) is 16.9 Å². The first-order chi connectivity index (χ1) is 9.58. The zero-order valence-corrected chi connectivity index (χ0v) is 10.4. The van der Waals surface area contributed by atoms with E-state index >= 15 is 0 Å². The molecule has 0 aliphatic heterocycles. The highest BCUT2D eigenvalue weighted by atomic mass is 19.1. The average molecular weight is 270 g/mol. The molecule has 1 N–H and O–H groups in total. The maximum atomic E-state index is 12.7. The van der Waals surface area contributed by atoms with Crippen LogP contribution in [0, 0.1) is 5.82 Å². The summed E-state index contributed by atoms with van der Waals surface area (Å²) in [6.07, 6.45) is 2.79. The third-order valence-corrected chi connectivity index (χ3v) is 2.72. The molecule has 0 aromatic heterocycles. The topological polar surface area (TPSA) is 54.4 Å². The highest BCUT2D eigenvalue weighted by Gasteiger charge is 2.13. The number of carboxylic acids is 1. The minimum atomic E-state index is -1.15. The van der Waals surface area contributed by atoms with Gasteiger partial charge < -0.3 is 5.11 Å². The lowest BCUT2D eigenvalue weighted by Gasteiger charge is -2.01. The van der Waals surface area contributed by atoms with Crippen LogP contribution in [0.25, 0.3) is 6.08 Å². The van der Waals surface area contributed by atoms with Crippen molar-refractivity contribution in [3.05, 3.63) is 77.1 Å². The molecule has 100 valence electrons. The first-order valence-electron chi connectivity index (χ1n) is 5.88. The largest absolute Gasteiger partial charge is 0.478 e. The van der Waals surface area contributed by atoms with Crippen molar-refractivity contribution < 1.29 is 19.1 Å². The van der Waals surface area contributed by atoms with Gasteiger partial charge in [0.05, 0.1) is 5.56 Å². The molecular weight excluding hydrogens is 259 g/mol. The highest BCUT2D eigenvalue weighted by molar-refractivity contribution is 6.12. The van der Waals surface area contributed by atoms with E-state index in [4.69, 9.17) is 5.11 Å². The van der Waals surface area contributed by atoms with Gasteiger partial charge >= 0.3 is 5.97 Å². The molecule has 0 saturated heterocycles. The average Bonchev–Trinajstić information content (AvgIpc) is 2.46. The van der Waals surface area contributed by atoms with Crippen molar-refractivity contribution >= 4 is 17.8 Å². The molecule has 2 rings (SSSR count). The van der Waals surface area contributed by atoms with Gasteiger partial charge in [-0.1, -0.05) is 36.4 Å². The molecule has 0 aliphatic carbocycles. The molecule has 0 atom stereocenters. The van der Waals surface area contributed by atoms with Crippen molar-refractivity contribution in [3.8, 4) is 0 Å². The molecule has 0 unspecified atom stereocenters. The van der Waals surface area contributed by atoms with Gasteiger partial charge in [-0.25, -0.2) is 9.18 Å². The molecule has 3 nitrogen and oxygen atoms in total. The highest BCUT2D eigenvalue weighted by Crippen LogP contribution is 2.12. The van der Waals surface area contributed by atoms with Gasteiger partial charge in [-0.2, -0.15) is 0 Å². The van der Waals surface area contributed by atoms with Crippen molar-refractivity contribution in [1.29, 1.82) is 0 Å². The Kier molecular flexibility index (Phi) is 4.05. The van der Waals surface area contributed by atoms with Crippen LogP contribution >= 0.6 is 0 Å². The van der Waals surface area contributed by atoms with Crippen LogP contribution in [-0.4, -0.2) is 16.9 Å². The number of benzene rings is 2. The van der Waals surface area contributed by atoms with Crippen LogP contribution in [-0.2, 0) is 0 Å². The first-order valence-corrected chi connectivity index (χ1v) is 5.88. The van der Waals surface area contributed by atoms with E-state index in [9.17, 15) is 14.0 Å². The van der Waals surface area contributed by atoms with Crippen molar-refractivity contribution in [2.24, 2.45) is 0 Å². The summed E-state index contributed by atoms with van der Waals surface area (Å²) < 4.78 is 12.7. The van der Waals surface area contributed by atoms with E-state index in [1.165, 1.54) is 48.6 Å². The van der Waals surface area contributed by atoms with Crippen LogP contribution in [0.1, 0.15) is 26.3 Å². The van der Waals surface area contributed by atoms with Gasteiger partial charge in [0.2, 0.25) is 0 Å². The van der Waals surface area contributed by atoms with E-state index in [0.717, 1.165) is 0 Å². The maximum absolute atomic E-state index is 12.7. The van der Waals surface area contributed by atoms with E-state index in [2.05, 4.69) is 0 Å². The summed E-state index contributed by atoms with van der Waals surface area (Å²) in [7, 11) is 0. The van der Waals surface area contributed by atoms with Gasteiger partial charge in [0.1, 0.15) is 5.82 Å². The van der Waals surface area contributed by atoms with Crippen molar-refractivity contribution in [2.75, 3.05) is 0 Å². The molecule has 0 heterocycles. The Morgan fingerprint density at radius 3 is 2.15 bits per heavy atom. The number of carboxylic acid groups (broad SMARTS) is 1. The van der Waals surface area contributed by atoms with Gasteiger partial charge in [-0.05, 0) is 29.8 Å². The van der Waals surface area contributed by atoms with Crippen LogP contribution in [0.5, 0.6) is 0 Å². The Morgan fingerprint density at radius 2 is 1.55 bits per heavy atom. The molecule has 0 aliphatic rings. The molecule has 20 heavy (non-hydrogen) atoms. The molecule has 0 saturated carbocycles. The van der Waals surface area contributed by atoms with E-state index in [1.54, 1.807) is 12.1 Å². The molecule has 0 spiro atoms. The van der Waals surface area contributed by atoms with E-state index < -0.39 is 11.8 Å². The van der Waals surface area contributed by atoms with Gasteiger partial charge in [-0.15, -0.1) is 0 Å². The fourth-order valence-corrected chi connectivity index (χ4v) is 1.72. The lowest BCUT2D eigenvalue weighted by Crippen LogP contribution is -2.06. The predicted molar refractivity (Wildman–Crippen MR) is 73.2 cm³/mol. The van der Waals surface area contributed by atoms with Crippen LogP contribution < -0.4 is 0 Å². The predicted octanol–water partition coefficient (Wildman–Crippen LogP) is 3.42. The number of ketones is 1. The number of allylic oxidation sites excluding steroid dienone is 1. The van der Waals surface area contributed by atoms with Gasteiger partial charge in [0.15, 0.2) is 5.78 Å². The minimum Gasteiger partial charge on any atom is -0.478 e. The second kappa shape index (κ2) is 5.93. The molecule has 2 aromatic rings. The Morgan fingerprint density at radius 1 is 0.950 bits per heavy atom. The van der Waals surface area contributed by atoms with Crippen LogP contribution in [0.4, 0.5) is 4.39 Å². The Balaban J connectivity index is 2.24. The third kappa shape index (κ3) is 3.17. The molecule has 2 aromatic carbocycles. The second-order valence-corrected chi connectivity index (χ2v) is 4.10. The molecular formula is C16H11FO3. The quantitative estimate of drug-likeness (QED) is 0.684. The molecule has 0 amide bonds. The summed E-state index contributed by atoms with van der Waals surface area (Å²) in [4.78, 5) is 23.0. The van der Waals surface area contributed by atoms with Gasteiger partial charge in [0, 0.05) is 5.56 Å². The normalized spacial score (nSPS) is 10.7. The monoisotopic (exact) mass is 270 g/mol. The summed E-state index contributed by atoms with van der Waals surface area (Å²) in [5, 5.41) is 9.01. The van der Waals surface area contributed by atoms with E-state index in [0.29, 0.717) is 5.56 Å². The third-order valence-electron chi connectivity index (χ3n) is 2.72. The molecule has 0 bridgehead atoms. The number of halogens is 1. The van der Waals surface area contributed by atoms with Gasteiger partial charge in [0.25, 0.3) is 0 Å². The summed E-state index contributed by atoms with van der Waals surface area (Å²) in [5.74, 6) is -1.92. The van der Waals surface area contributed by atoms with Crippen LogP contribution in [0.2, 0.25) is 0 Å². The van der Waals surface area contributed by atoms with E-state index in [1.807, 2.05) is 0 Å². The van der Waals surface area contributed by atoms with Crippen LogP contribution in [0.3, 0.4) is 0 Å². The lowest BCUT2D eigenvalue weighted by atomic mass is 10.0. The zero-order chi connectivity index (χ0) is 14.5. The van der Waals surface area contributed by atoms with Crippen molar-refractivity contribution in [2.45, 2.75) is 0 Å². The molecule has 0 radical (unpaired) electrons. The SMILES string of the molecule is O=C(O)c1ccccc1C(=O)/C=C/c1ccc(F)cc1. The Bertz CT molecular complexity index is 672. The fraction of sp³-hybridized carbons (Fsp3) is 0. The summed E-state index contributed by atoms with van der Waals surface area (Å²) in [6.45, 7) is 0. The smallest absolute Gasteiger partial charge is 0.336 e. The molecule has 0 fully saturated rings. The Labute approximate surface area is 115 Å². The lowest BCUT2D eigenvalue weighted by molar-refractivity contribution is 0.0693. The maximum Gasteiger partial charge on any atom is 0.336 e. The standard InChI is InChI=1S/C16H11FO3/c17-12-8-5-11(6-9-12)7-10-15(18)13-3-1-2-4-14(13)16(19)20/h1-10H,(H,19,20)/b10-7+. The van der Waals surface area contributed by atoms with Crippen LogP contribution in [0.15, 0.2) is 54.6 Å². The van der Waals surface area contributed by atoms with Crippen molar-refractivity contribution in [3.63, 3.8) is 0 Å². The van der Waals surface area contributed by atoms with Crippen molar-refractivity contribution in [1.82, 2.24) is 0 Å². The zero-order valence-electron chi connectivity index (χ0n) is 10.4. The summed E-state index contributed by atoms with van der Waals surface area (Å²) in [5.41, 5.74) is 0.743. The number of hydrogen-bond acceptors (Lipinski definition) is 2. The number of carbonyl (C=O) groups is 2. The number of aromatic carboxylic acids is 1. The summed E-state index contributed by atoms with van der Waals surface area (Å²) >= 11 is 0. The number of carbonyl (C=O) groups excluding carboxylic acids is 1. The molecule has 4 heteroatoms. The van der Waals surface area contributed by atoms with Gasteiger partial charge in [-0.3, -0.25) is 4.79 Å². The summed E-state index contributed by atoms with van der Waals surface area (Å²) in [6, 6.07) is 11.6. The Hall–Kier alpha value is -2.75. The first kappa shape index (κ1) is 13.7. The number of hydrogen-bond donors (Lipinski definition) is 1. The minimum absolute atomic E-state index is 0.0405. The number of rotatable bonds is 4. The second-order valence-electron chi connectivity index (χ2n) is 4.10.